The summed E-state index contributed by atoms with van der Waals surface area (Å²) in [5, 5.41) is 6.70. The van der Waals surface area contributed by atoms with E-state index < -0.39 is 11.7 Å². The molecule has 2 aromatic carbocycles. The van der Waals surface area contributed by atoms with Gasteiger partial charge in [0.05, 0.1) is 29.7 Å². The zero-order chi connectivity index (χ0) is 22.0. The Morgan fingerprint density at radius 1 is 1.35 bits per heavy atom. The molecule has 0 aliphatic heterocycles. The summed E-state index contributed by atoms with van der Waals surface area (Å²) in [6.45, 7) is 3.59. The Morgan fingerprint density at radius 2 is 2.16 bits per heavy atom. The maximum absolute atomic E-state index is 15.6. The first-order valence-corrected chi connectivity index (χ1v) is 10.6. The maximum Gasteiger partial charge on any atom is 0.277 e. The first-order chi connectivity index (χ1) is 15.0. The zero-order valence-corrected chi connectivity index (χ0v) is 18.2. The van der Waals surface area contributed by atoms with Crippen LogP contribution in [0.5, 0.6) is 0 Å². The second kappa shape index (κ2) is 9.21. The van der Waals surface area contributed by atoms with Crippen LogP contribution in [0.1, 0.15) is 28.8 Å². The predicted octanol–water partition coefficient (Wildman–Crippen LogP) is 4.17. The lowest BCUT2D eigenvalue weighted by Gasteiger charge is -2.16. The number of nitrogens with one attached hydrogen (secondary N) is 3. The number of hydrogen-bond donors (Lipinski definition) is 3. The van der Waals surface area contributed by atoms with E-state index in [0.717, 1.165) is 18.4 Å². The third-order valence-corrected chi connectivity index (χ3v) is 5.57. The molecule has 1 aliphatic rings. The van der Waals surface area contributed by atoms with Gasteiger partial charge in [-0.1, -0.05) is 11.6 Å². The summed E-state index contributed by atoms with van der Waals surface area (Å²) in [7, 11) is 1.84. The van der Waals surface area contributed by atoms with E-state index in [-0.39, 0.29) is 16.8 Å². The molecule has 1 aromatic heterocycles. The minimum Gasteiger partial charge on any atom is -0.352 e. The molecular weight excluding hydrogens is 421 g/mol. The van der Waals surface area contributed by atoms with Crippen LogP contribution >= 0.6 is 11.6 Å². The number of aromatic nitrogens is 2. The average molecular weight is 446 g/mol. The van der Waals surface area contributed by atoms with Crippen molar-refractivity contribution in [3.8, 4) is 0 Å². The number of rotatable bonds is 9. The Balaban J connectivity index is 1.73. The van der Waals surface area contributed by atoms with Gasteiger partial charge in [-0.05, 0) is 62.6 Å². The minimum atomic E-state index is -0.595. The third kappa shape index (κ3) is 4.81. The van der Waals surface area contributed by atoms with Gasteiger partial charge >= 0.3 is 0 Å². The van der Waals surface area contributed by atoms with Crippen LogP contribution in [0.3, 0.4) is 0 Å². The number of anilines is 2. The fourth-order valence-electron chi connectivity index (χ4n) is 3.34. The molecule has 4 rings (SSSR count). The van der Waals surface area contributed by atoms with Crippen molar-refractivity contribution in [1.82, 2.24) is 20.3 Å². The Bertz CT molecular complexity index is 1110. The van der Waals surface area contributed by atoms with E-state index in [9.17, 15) is 4.79 Å². The van der Waals surface area contributed by atoms with Gasteiger partial charge in [-0.3, -0.25) is 9.63 Å². The number of amides is 1. The lowest BCUT2D eigenvalue weighted by Crippen LogP contribution is -2.26. The maximum atomic E-state index is 15.6. The predicted molar refractivity (Wildman–Crippen MR) is 119 cm³/mol. The van der Waals surface area contributed by atoms with Gasteiger partial charge in [-0.2, -0.15) is 0 Å². The normalized spacial score (nSPS) is 13.5. The molecule has 0 atom stereocenters. The fourth-order valence-corrected chi connectivity index (χ4v) is 3.56. The summed E-state index contributed by atoms with van der Waals surface area (Å²) >= 11 is 6.04. The van der Waals surface area contributed by atoms with Gasteiger partial charge in [0.2, 0.25) is 0 Å². The molecule has 164 valence electrons. The van der Waals surface area contributed by atoms with Gasteiger partial charge in [0.1, 0.15) is 5.52 Å². The van der Waals surface area contributed by atoms with Crippen LogP contribution in [-0.2, 0) is 11.4 Å². The van der Waals surface area contributed by atoms with Crippen LogP contribution in [0, 0.1) is 18.7 Å². The highest BCUT2D eigenvalue weighted by Crippen LogP contribution is 2.33. The average Bonchev–Trinajstić information content (AvgIpc) is 3.48. The number of hydroxylamine groups is 1. The largest absolute Gasteiger partial charge is 0.352 e. The number of benzene rings is 2. The molecule has 3 aromatic rings. The lowest BCUT2D eigenvalue weighted by atomic mass is 10.1. The van der Waals surface area contributed by atoms with E-state index in [1.165, 1.54) is 0 Å². The second-order valence-corrected chi connectivity index (χ2v) is 8.23. The Labute approximate surface area is 184 Å². The van der Waals surface area contributed by atoms with E-state index in [1.807, 2.05) is 18.5 Å². The molecule has 1 fully saturated rings. The zero-order valence-electron chi connectivity index (χ0n) is 17.5. The minimum absolute atomic E-state index is 0.0457. The monoisotopic (exact) mass is 445 g/mol. The summed E-state index contributed by atoms with van der Waals surface area (Å²) in [5.74, 6) is -0.629. The van der Waals surface area contributed by atoms with Gasteiger partial charge in [-0.15, -0.1) is 0 Å². The van der Waals surface area contributed by atoms with E-state index in [1.54, 1.807) is 30.6 Å². The van der Waals surface area contributed by atoms with Gasteiger partial charge in [-0.25, -0.2) is 14.9 Å². The van der Waals surface area contributed by atoms with Gasteiger partial charge in [0, 0.05) is 23.8 Å². The quantitative estimate of drug-likeness (QED) is 0.431. The molecule has 0 bridgehead atoms. The van der Waals surface area contributed by atoms with Crippen molar-refractivity contribution >= 4 is 39.9 Å². The van der Waals surface area contributed by atoms with Crippen LogP contribution < -0.4 is 16.1 Å². The summed E-state index contributed by atoms with van der Waals surface area (Å²) in [5.41, 5.74) is 4.85. The first kappa shape index (κ1) is 21.5. The molecule has 0 radical (unpaired) electrons. The molecule has 1 heterocycles. The highest BCUT2D eigenvalue weighted by atomic mass is 35.5. The van der Waals surface area contributed by atoms with Crippen molar-refractivity contribution in [2.45, 2.75) is 26.3 Å². The van der Waals surface area contributed by atoms with Gasteiger partial charge < -0.3 is 15.2 Å². The number of imidazole rings is 1. The summed E-state index contributed by atoms with van der Waals surface area (Å²) in [4.78, 5) is 22.5. The van der Waals surface area contributed by atoms with Crippen molar-refractivity contribution in [3.05, 3.63) is 52.6 Å². The molecule has 1 amide bonds. The first-order valence-electron chi connectivity index (χ1n) is 10.2. The number of carbonyl (C=O) groups is 1. The number of aryl methyl sites for hydroxylation is 1. The molecular formula is C22H25ClFN5O2. The molecule has 9 heteroatoms. The molecule has 3 N–H and O–H groups in total. The van der Waals surface area contributed by atoms with E-state index in [2.05, 4.69) is 21.1 Å². The van der Waals surface area contributed by atoms with Crippen molar-refractivity contribution in [1.29, 1.82) is 0 Å². The molecule has 31 heavy (non-hydrogen) atoms. The molecule has 1 saturated carbocycles. The Kier molecular flexibility index (Phi) is 6.41. The Morgan fingerprint density at radius 3 is 2.87 bits per heavy atom. The summed E-state index contributed by atoms with van der Waals surface area (Å²) in [6.07, 6.45) is 3.78. The van der Waals surface area contributed by atoms with Gasteiger partial charge in [0.25, 0.3) is 5.91 Å². The number of carbonyl (C=O) groups excluding carboxylic acids is 1. The number of fused-ring (bicyclic) bond motifs is 1. The second-order valence-electron chi connectivity index (χ2n) is 7.79. The smallest absolute Gasteiger partial charge is 0.277 e. The molecule has 0 unspecified atom stereocenters. The number of likely N-dealkylation sites (N-methyl/N-ethyl adjacent to an activating group) is 1. The molecule has 1 aliphatic carbocycles. The Hall–Kier alpha value is -2.68. The van der Waals surface area contributed by atoms with Crippen molar-refractivity contribution in [3.63, 3.8) is 0 Å². The van der Waals surface area contributed by atoms with Crippen molar-refractivity contribution < 1.29 is 14.0 Å². The third-order valence-electron chi connectivity index (χ3n) is 5.33. The SMILES string of the molecule is CNCCn1cnc2c(F)c(Nc3ccc(Cl)cc3C)c(C(=O)NOCC3CC3)cc21. The number of hydrogen-bond acceptors (Lipinski definition) is 5. The molecule has 7 nitrogen and oxygen atoms in total. The summed E-state index contributed by atoms with van der Waals surface area (Å²) in [6, 6.07) is 6.87. The lowest BCUT2D eigenvalue weighted by molar-refractivity contribution is 0.0271. The van der Waals surface area contributed by atoms with Crippen molar-refractivity contribution in [2.75, 3.05) is 25.5 Å². The topological polar surface area (TPSA) is 80.2 Å². The number of halogens is 2. The standard InChI is InChI=1S/C22H25ClFN5O2/c1-13-9-15(23)5-6-17(13)27-20-16(22(30)28-31-11-14-3-4-14)10-18-21(19(20)24)26-12-29(18)8-7-25-2/h5-6,9-10,12,14,25,27H,3-4,7-8,11H2,1-2H3,(H,28,30). The highest BCUT2D eigenvalue weighted by Gasteiger charge is 2.24. The number of nitrogens with zero attached hydrogens (tertiary/aromatic N) is 2. The van der Waals surface area contributed by atoms with Crippen LogP contribution in [0.25, 0.3) is 11.0 Å². The molecule has 0 saturated heterocycles. The van der Waals surface area contributed by atoms with E-state index in [4.69, 9.17) is 16.4 Å². The van der Waals surface area contributed by atoms with Crippen molar-refractivity contribution in [2.24, 2.45) is 5.92 Å². The van der Waals surface area contributed by atoms with Gasteiger partial charge in [0.15, 0.2) is 5.82 Å². The summed E-state index contributed by atoms with van der Waals surface area (Å²) < 4.78 is 17.4. The van der Waals surface area contributed by atoms with Crippen LogP contribution in [-0.4, -0.2) is 35.7 Å². The van der Waals surface area contributed by atoms with E-state index >= 15 is 4.39 Å². The van der Waals surface area contributed by atoms with E-state index in [0.29, 0.717) is 41.8 Å². The highest BCUT2D eigenvalue weighted by molar-refractivity contribution is 6.30. The fraction of sp³-hybridized carbons (Fsp3) is 0.364. The van der Waals surface area contributed by atoms with Crippen LogP contribution in [0.4, 0.5) is 15.8 Å². The molecule has 0 spiro atoms. The van der Waals surface area contributed by atoms with Crippen LogP contribution in [0.2, 0.25) is 5.02 Å². The van der Waals surface area contributed by atoms with Crippen LogP contribution in [0.15, 0.2) is 30.6 Å².